The number of aryl methyl sites for hydroxylation is 1. The van der Waals surface area contributed by atoms with Crippen LogP contribution in [0.5, 0.6) is 5.75 Å². The van der Waals surface area contributed by atoms with Crippen LogP contribution < -0.4 is 11.1 Å². The van der Waals surface area contributed by atoms with E-state index in [0.717, 1.165) is 51.3 Å². The van der Waals surface area contributed by atoms with Gasteiger partial charge in [0.15, 0.2) is 0 Å². The van der Waals surface area contributed by atoms with Gasteiger partial charge in [0.1, 0.15) is 17.2 Å². The average molecular weight is 533 g/mol. The molecule has 0 radical (unpaired) electrons. The molecular weight excluding hydrogens is 500 g/mol. The van der Waals surface area contributed by atoms with E-state index in [9.17, 15) is 14.7 Å². The highest BCUT2D eigenvalue weighted by molar-refractivity contribution is 6.10. The minimum atomic E-state index is -0.205. The van der Waals surface area contributed by atoms with Crippen LogP contribution in [0.2, 0.25) is 0 Å². The second kappa shape index (κ2) is 11.9. The van der Waals surface area contributed by atoms with E-state index in [1.807, 2.05) is 71.3 Å². The molecule has 1 aromatic heterocycles. The van der Waals surface area contributed by atoms with Crippen LogP contribution in [0.25, 0.3) is 21.7 Å². The number of amides is 1. The van der Waals surface area contributed by atoms with Crippen LogP contribution in [-0.2, 0) is 24.2 Å². The number of fused-ring (bicyclic) bond motifs is 2. The van der Waals surface area contributed by atoms with Crippen LogP contribution in [0.1, 0.15) is 40.9 Å². The predicted molar refractivity (Wildman–Crippen MR) is 160 cm³/mol. The Morgan fingerprint density at radius 3 is 2.35 bits per heavy atom. The lowest BCUT2D eigenvalue weighted by molar-refractivity contribution is -0.117. The summed E-state index contributed by atoms with van der Waals surface area (Å²) >= 11 is 0. The number of nitrogens with zero attached hydrogens (tertiary/aromatic N) is 1. The average Bonchev–Trinajstić information content (AvgIpc) is 3.30. The van der Waals surface area contributed by atoms with Crippen molar-refractivity contribution in [2.24, 2.45) is 5.73 Å². The number of hydrogen-bond acceptors (Lipinski definition) is 4. The Morgan fingerprint density at radius 2 is 1.55 bits per heavy atom. The Hall–Kier alpha value is -4.91. The van der Waals surface area contributed by atoms with E-state index >= 15 is 0 Å². The van der Waals surface area contributed by atoms with Crippen molar-refractivity contribution in [2.45, 2.75) is 38.6 Å². The second-order valence-corrected chi connectivity index (χ2v) is 10.1. The van der Waals surface area contributed by atoms with Gasteiger partial charge in [0.2, 0.25) is 0 Å². The number of aromatic hydroxyl groups is 1. The summed E-state index contributed by atoms with van der Waals surface area (Å²) in [7, 11) is 0. The Kier molecular flexibility index (Phi) is 7.92. The van der Waals surface area contributed by atoms with Gasteiger partial charge in [-0.1, -0.05) is 54.6 Å². The number of carbonyl (C=O) groups excluding carboxylic acids is 2. The summed E-state index contributed by atoms with van der Waals surface area (Å²) in [5, 5.41) is 23.0. The molecule has 1 heterocycles. The lowest BCUT2D eigenvalue weighted by Gasteiger charge is -2.13. The van der Waals surface area contributed by atoms with Crippen molar-refractivity contribution in [3.8, 4) is 5.75 Å². The Bertz CT molecular complexity index is 1700. The van der Waals surface area contributed by atoms with Crippen LogP contribution in [0.3, 0.4) is 0 Å². The van der Waals surface area contributed by atoms with Crippen LogP contribution in [-0.4, -0.2) is 27.2 Å². The van der Waals surface area contributed by atoms with Gasteiger partial charge < -0.3 is 20.7 Å². The first kappa shape index (κ1) is 26.7. The molecule has 0 atom stereocenters. The van der Waals surface area contributed by atoms with Crippen LogP contribution in [0, 0.1) is 5.41 Å². The molecule has 0 aliphatic rings. The van der Waals surface area contributed by atoms with Gasteiger partial charge in [0.25, 0.3) is 5.91 Å². The summed E-state index contributed by atoms with van der Waals surface area (Å²) < 4.78 is 2.01. The van der Waals surface area contributed by atoms with E-state index in [-0.39, 0.29) is 36.1 Å². The molecule has 0 fully saturated rings. The first-order valence-electron chi connectivity index (χ1n) is 13.4. The Morgan fingerprint density at radius 1 is 0.825 bits per heavy atom. The molecule has 0 unspecified atom stereocenters. The van der Waals surface area contributed by atoms with E-state index < -0.39 is 0 Å². The molecule has 5 aromatic rings. The molecule has 0 spiro atoms. The molecule has 0 saturated heterocycles. The van der Waals surface area contributed by atoms with Gasteiger partial charge in [-0.2, -0.15) is 0 Å². The fourth-order valence-electron chi connectivity index (χ4n) is 5.10. The number of unbranched alkanes of at least 4 members (excludes halogenated alkanes) is 1. The van der Waals surface area contributed by atoms with Crippen molar-refractivity contribution in [1.82, 2.24) is 4.57 Å². The summed E-state index contributed by atoms with van der Waals surface area (Å²) in [5.41, 5.74) is 9.48. The van der Waals surface area contributed by atoms with Crippen molar-refractivity contribution in [1.29, 1.82) is 5.41 Å². The highest BCUT2D eigenvalue weighted by Gasteiger charge is 2.18. The zero-order chi connectivity index (χ0) is 28.1. The van der Waals surface area contributed by atoms with Crippen molar-refractivity contribution in [3.63, 3.8) is 0 Å². The first-order valence-corrected chi connectivity index (χ1v) is 13.4. The van der Waals surface area contributed by atoms with Gasteiger partial charge in [-0.15, -0.1) is 0 Å². The fraction of sp³-hybridized carbons (Fsp3) is 0.182. The van der Waals surface area contributed by atoms with Crippen molar-refractivity contribution in [3.05, 3.63) is 108 Å². The molecule has 0 aliphatic heterocycles. The molecule has 202 valence electrons. The highest BCUT2D eigenvalue weighted by Crippen LogP contribution is 2.27. The van der Waals surface area contributed by atoms with Gasteiger partial charge in [-0.25, -0.2) is 0 Å². The first-order chi connectivity index (χ1) is 19.4. The summed E-state index contributed by atoms with van der Waals surface area (Å²) in [6.07, 6.45) is 2.60. The Balaban J connectivity index is 1.41. The number of nitrogens with one attached hydrogen (secondary N) is 2. The quantitative estimate of drug-likeness (QED) is 0.0917. The molecule has 5 N–H and O–H groups in total. The number of amidine groups is 1. The number of carbonyl (C=O) groups is 2. The van der Waals surface area contributed by atoms with Crippen molar-refractivity contribution < 1.29 is 14.7 Å². The van der Waals surface area contributed by atoms with E-state index in [2.05, 4.69) is 5.32 Å². The maximum Gasteiger partial charge on any atom is 0.272 e. The lowest BCUT2D eigenvalue weighted by Crippen LogP contribution is -2.17. The topological polar surface area (TPSA) is 121 Å². The summed E-state index contributed by atoms with van der Waals surface area (Å²) in [5.74, 6) is 0.201. The predicted octanol–water partition coefficient (Wildman–Crippen LogP) is 6.21. The molecule has 1 amide bonds. The lowest BCUT2D eigenvalue weighted by atomic mass is 10.0. The molecular formula is C33H32N4O3. The van der Waals surface area contributed by atoms with Crippen LogP contribution in [0.4, 0.5) is 5.69 Å². The molecule has 0 bridgehead atoms. The van der Waals surface area contributed by atoms with Crippen LogP contribution in [0.15, 0.2) is 91.0 Å². The van der Waals surface area contributed by atoms with Gasteiger partial charge in [-0.3, -0.25) is 15.0 Å². The number of anilines is 1. The number of Topliss-reactive ketones (excluding diaryl/α,β-unsaturated/α-hetero) is 1. The second-order valence-electron chi connectivity index (χ2n) is 10.1. The monoisotopic (exact) mass is 532 g/mol. The largest absolute Gasteiger partial charge is 0.508 e. The fourth-order valence-corrected chi connectivity index (χ4v) is 5.10. The number of nitrogens with two attached hydrogens (primary N) is 1. The van der Waals surface area contributed by atoms with E-state index in [1.54, 1.807) is 24.3 Å². The third-order valence-electron chi connectivity index (χ3n) is 7.05. The molecule has 7 heteroatoms. The van der Waals surface area contributed by atoms with Gasteiger partial charge in [0, 0.05) is 47.8 Å². The smallest absolute Gasteiger partial charge is 0.272 e. The number of phenols is 1. The van der Waals surface area contributed by atoms with Crippen LogP contribution >= 0.6 is 0 Å². The number of rotatable bonds is 11. The van der Waals surface area contributed by atoms with Gasteiger partial charge in [0.05, 0.1) is 5.84 Å². The van der Waals surface area contributed by atoms with Crippen molar-refractivity contribution >= 4 is 44.9 Å². The van der Waals surface area contributed by atoms with Gasteiger partial charge >= 0.3 is 0 Å². The molecule has 7 nitrogen and oxygen atoms in total. The van der Waals surface area contributed by atoms with Crippen molar-refractivity contribution in [2.75, 3.05) is 5.32 Å². The SMILES string of the molecule is N=C(N)CCCCn1c(C(=O)Nc2cccc3ccccc23)cc2cc(CC(=O)Cc3ccc(O)cc3)ccc21. The third kappa shape index (κ3) is 6.21. The standard InChI is InChI=1S/C33H32N4O3/c34-32(35)10-3-4-17-37-30-16-13-23(20-27(39)19-22-11-14-26(38)15-12-22)18-25(30)21-31(37)33(40)36-29-9-5-7-24-6-1-2-8-28(24)29/h1-2,5-9,11-16,18,21,38H,3-4,10,17,19-20H2,(H3,34,35)(H,36,40). The van der Waals surface area contributed by atoms with Gasteiger partial charge in [-0.05, 0) is 65.8 Å². The molecule has 0 saturated carbocycles. The minimum Gasteiger partial charge on any atom is -0.508 e. The Labute approximate surface area is 232 Å². The van der Waals surface area contributed by atoms with E-state index in [1.165, 1.54) is 0 Å². The third-order valence-corrected chi connectivity index (χ3v) is 7.05. The highest BCUT2D eigenvalue weighted by atomic mass is 16.3. The number of phenolic OH excluding ortho intramolecular Hbond substituents is 1. The normalized spacial score (nSPS) is 11.1. The number of benzene rings is 4. The molecule has 40 heavy (non-hydrogen) atoms. The molecule has 5 rings (SSSR count). The zero-order valence-electron chi connectivity index (χ0n) is 22.2. The zero-order valence-corrected chi connectivity index (χ0v) is 22.2. The summed E-state index contributed by atoms with van der Waals surface area (Å²) in [6, 6.07) is 28.2. The number of hydrogen-bond donors (Lipinski definition) is 4. The number of aromatic nitrogens is 1. The van der Waals surface area contributed by atoms with E-state index in [0.29, 0.717) is 18.7 Å². The summed E-state index contributed by atoms with van der Waals surface area (Å²) in [6.45, 7) is 0.605. The maximum atomic E-state index is 13.6. The minimum absolute atomic E-state index is 0.0719. The summed E-state index contributed by atoms with van der Waals surface area (Å²) in [4.78, 5) is 26.4. The maximum absolute atomic E-state index is 13.6. The molecule has 0 aliphatic carbocycles. The number of ketones is 1. The van der Waals surface area contributed by atoms with E-state index in [4.69, 9.17) is 11.1 Å². The molecule has 4 aromatic carbocycles.